The Kier molecular flexibility index (Phi) is 5.53. The molecule has 0 aromatic heterocycles. The number of carbonyl (C=O) groups excluding carboxylic acids is 1. The monoisotopic (exact) mass is 236 g/mol. The van der Waals surface area contributed by atoms with E-state index in [4.69, 9.17) is 9.47 Å². The molecule has 0 heterocycles. The van der Waals surface area contributed by atoms with Crippen LogP contribution >= 0.6 is 0 Å². The molecule has 3 nitrogen and oxygen atoms in total. The molecule has 0 aliphatic carbocycles. The molecular weight excluding hydrogens is 216 g/mol. The van der Waals surface area contributed by atoms with Crippen molar-refractivity contribution in [2.45, 2.75) is 40.0 Å². The Morgan fingerprint density at radius 1 is 1.18 bits per heavy atom. The van der Waals surface area contributed by atoms with Crippen LogP contribution in [-0.2, 0) is 17.6 Å². The van der Waals surface area contributed by atoms with Crippen molar-refractivity contribution in [3.63, 3.8) is 0 Å². The molecule has 0 aliphatic heterocycles. The summed E-state index contributed by atoms with van der Waals surface area (Å²) < 4.78 is 10.1. The van der Waals surface area contributed by atoms with Crippen molar-refractivity contribution in [1.82, 2.24) is 0 Å². The maximum absolute atomic E-state index is 11.3. The Balaban J connectivity index is 2.73. The van der Waals surface area contributed by atoms with Crippen molar-refractivity contribution < 1.29 is 14.3 Å². The van der Waals surface area contributed by atoms with E-state index in [1.165, 1.54) is 5.56 Å². The number of carbonyl (C=O) groups is 1. The maximum Gasteiger partial charge on any atom is 0.513 e. The smallest absolute Gasteiger partial charge is 0.434 e. The fourth-order valence-corrected chi connectivity index (χ4v) is 1.53. The summed E-state index contributed by atoms with van der Waals surface area (Å²) in [5.74, 6) is 0.603. The fraction of sp³-hybridized carbons (Fsp3) is 0.500. The molecule has 1 rings (SSSR count). The lowest BCUT2D eigenvalue weighted by atomic mass is 10.1. The number of rotatable bonds is 5. The first-order chi connectivity index (χ1) is 8.21. The zero-order valence-corrected chi connectivity index (χ0v) is 10.8. The average molecular weight is 236 g/mol. The van der Waals surface area contributed by atoms with Gasteiger partial charge in [-0.2, -0.15) is 0 Å². The van der Waals surface area contributed by atoms with Crippen LogP contribution in [0.4, 0.5) is 4.79 Å². The van der Waals surface area contributed by atoms with E-state index in [2.05, 4.69) is 13.0 Å². The van der Waals surface area contributed by atoms with E-state index in [-0.39, 0.29) is 0 Å². The van der Waals surface area contributed by atoms with E-state index >= 15 is 0 Å². The van der Waals surface area contributed by atoms with Crippen molar-refractivity contribution in [2.75, 3.05) is 6.61 Å². The number of hydrogen-bond donors (Lipinski definition) is 0. The lowest BCUT2D eigenvalue weighted by Gasteiger charge is -2.10. The summed E-state index contributed by atoms with van der Waals surface area (Å²) in [7, 11) is 0. The molecule has 0 bridgehead atoms. The first-order valence-electron chi connectivity index (χ1n) is 6.17. The first kappa shape index (κ1) is 13.6. The SMILES string of the molecule is CCCOC(=O)Oc1ccc(CC)cc1CC. The second-order valence-corrected chi connectivity index (χ2v) is 3.85. The van der Waals surface area contributed by atoms with Crippen molar-refractivity contribution in [3.05, 3.63) is 29.3 Å². The third kappa shape index (κ3) is 4.10. The van der Waals surface area contributed by atoms with Crippen LogP contribution in [-0.4, -0.2) is 12.8 Å². The lowest BCUT2D eigenvalue weighted by Crippen LogP contribution is -2.12. The Labute approximate surface area is 103 Å². The molecule has 0 fully saturated rings. The first-order valence-corrected chi connectivity index (χ1v) is 6.17. The van der Waals surface area contributed by atoms with Gasteiger partial charge in [0.1, 0.15) is 5.75 Å². The van der Waals surface area contributed by atoms with Crippen LogP contribution in [0.1, 0.15) is 38.3 Å². The minimum Gasteiger partial charge on any atom is -0.434 e. The number of aryl methyl sites for hydroxylation is 2. The molecule has 0 saturated heterocycles. The highest BCUT2D eigenvalue weighted by Gasteiger charge is 2.09. The van der Waals surface area contributed by atoms with Crippen LogP contribution < -0.4 is 4.74 Å². The predicted molar refractivity (Wildman–Crippen MR) is 67.5 cm³/mol. The Morgan fingerprint density at radius 3 is 2.53 bits per heavy atom. The topological polar surface area (TPSA) is 35.5 Å². The molecule has 0 amide bonds. The predicted octanol–water partition coefficient (Wildman–Crippen LogP) is 3.74. The van der Waals surface area contributed by atoms with Gasteiger partial charge in [0.25, 0.3) is 0 Å². The van der Waals surface area contributed by atoms with Gasteiger partial charge in [0.05, 0.1) is 6.61 Å². The minimum atomic E-state index is -0.620. The number of benzene rings is 1. The van der Waals surface area contributed by atoms with E-state index in [0.29, 0.717) is 12.4 Å². The van der Waals surface area contributed by atoms with E-state index in [9.17, 15) is 4.79 Å². The molecule has 0 radical (unpaired) electrons. The maximum atomic E-state index is 11.3. The molecule has 17 heavy (non-hydrogen) atoms. The summed E-state index contributed by atoms with van der Waals surface area (Å²) in [6.45, 7) is 6.48. The van der Waals surface area contributed by atoms with Crippen molar-refractivity contribution >= 4 is 6.16 Å². The van der Waals surface area contributed by atoms with Crippen LogP contribution in [0.2, 0.25) is 0 Å². The van der Waals surface area contributed by atoms with Crippen molar-refractivity contribution in [3.8, 4) is 5.75 Å². The van der Waals surface area contributed by atoms with Gasteiger partial charge < -0.3 is 9.47 Å². The van der Waals surface area contributed by atoms with Gasteiger partial charge in [0.2, 0.25) is 0 Å². The van der Waals surface area contributed by atoms with E-state index in [1.807, 2.05) is 26.0 Å². The van der Waals surface area contributed by atoms with E-state index in [0.717, 1.165) is 24.8 Å². The van der Waals surface area contributed by atoms with Gasteiger partial charge in [0.15, 0.2) is 0 Å². The highest BCUT2D eigenvalue weighted by molar-refractivity contribution is 5.64. The van der Waals surface area contributed by atoms with Crippen LogP contribution in [0, 0.1) is 0 Å². The summed E-state index contributed by atoms with van der Waals surface area (Å²) in [6.07, 6.45) is 1.99. The third-order valence-corrected chi connectivity index (χ3v) is 2.53. The number of hydrogen-bond acceptors (Lipinski definition) is 3. The largest absolute Gasteiger partial charge is 0.513 e. The zero-order chi connectivity index (χ0) is 12.7. The van der Waals surface area contributed by atoms with Crippen molar-refractivity contribution in [2.24, 2.45) is 0 Å². The minimum absolute atomic E-state index is 0.396. The number of ether oxygens (including phenoxy) is 2. The summed E-state index contributed by atoms with van der Waals surface area (Å²) in [5, 5.41) is 0. The van der Waals surface area contributed by atoms with Gasteiger partial charge in [-0.05, 0) is 36.5 Å². The van der Waals surface area contributed by atoms with Crippen LogP contribution in [0.15, 0.2) is 18.2 Å². The third-order valence-electron chi connectivity index (χ3n) is 2.53. The highest BCUT2D eigenvalue weighted by Crippen LogP contribution is 2.21. The van der Waals surface area contributed by atoms with Gasteiger partial charge in [-0.25, -0.2) is 4.79 Å². The van der Waals surface area contributed by atoms with Gasteiger partial charge in [-0.1, -0.05) is 32.9 Å². The van der Waals surface area contributed by atoms with Crippen molar-refractivity contribution in [1.29, 1.82) is 0 Å². The Bertz CT molecular complexity index is 372. The van der Waals surface area contributed by atoms with E-state index < -0.39 is 6.16 Å². The highest BCUT2D eigenvalue weighted by atomic mass is 16.7. The second-order valence-electron chi connectivity index (χ2n) is 3.85. The van der Waals surface area contributed by atoms with Gasteiger partial charge in [-0.3, -0.25) is 0 Å². The lowest BCUT2D eigenvalue weighted by molar-refractivity contribution is 0.0988. The zero-order valence-electron chi connectivity index (χ0n) is 10.8. The summed E-state index contributed by atoms with van der Waals surface area (Å²) in [6, 6.07) is 5.88. The molecule has 0 N–H and O–H groups in total. The van der Waals surface area contributed by atoms with Gasteiger partial charge in [-0.15, -0.1) is 0 Å². The molecular formula is C14H20O3. The molecule has 0 unspecified atom stereocenters. The Morgan fingerprint density at radius 2 is 1.94 bits per heavy atom. The Hall–Kier alpha value is -1.51. The summed E-state index contributed by atoms with van der Waals surface area (Å²) >= 11 is 0. The molecule has 1 aromatic rings. The van der Waals surface area contributed by atoms with Crippen LogP contribution in [0.5, 0.6) is 5.75 Å². The molecule has 0 saturated carbocycles. The second kappa shape index (κ2) is 6.94. The standard InChI is InChI=1S/C14H20O3/c1-4-9-16-14(15)17-13-8-7-11(5-2)10-12(13)6-3/h7-8,10H,4-6,9H2,1-3H3. The molecule has 0 spiro atoms. The van der Waals surface area contributed by atoms with E-state index in [1.54, 1.807) is 0 Å². The average Bonchev–Trinajstić information content (AvgIpc) is 2.36. The quantitative estimate of drug-likeness (QED) is 0.577. The molecule has 94 valence electrons. The van der Waals surface area contributed by atoms with Crippen LogP contribution in [0.3, 0.4) is 0 Å². The molecule has 0 atom stereocenters. The van der Waals surface area contributed by atoms with Gasteiger partial charge in [0, 0.05) is 0 Å². The molecule has 1 aromatic carbocycles. The van der Waals surface area contributed by atoms with Crippen LogP contribution in [0.25, 0.3) is 0 Å². The molecule has 3 heteroatoms. The molecule has 0 aliphatic rings. The van der Waals surface area contributed by atoms with Gasteiger partial charge >= 0.3 is 6.16 Å². The fourth-order valence-electron chi connectivity index (χ4n) is 1.53. The summed E-state index contributed by atoms with van der Waals surface area (Å²) in [4.78, 5) is 11.3. The summed E-state index contributed by atoms with van der Waals surface area (Å²) in [5.41, 5.74) is 2.29. The normalized spacial score (nSPS) is 10.1.